The molecule has 0 radical (unpaired) electrons. The smallest absolute Gasteiger partial charge is 0.336 e. The Morgan fingerprint density at radius 1 is 1.36 bits per heavy atom. The van der Waals surface area contributed by atoms with Gasteiger partial charge >= 0.3 is 5.97 Å². The van der Waals surface area contributed by atoms with Crippen LogP contribution in [0.15, 0.2) is 24.3 Å². The van der Waals surface area contributed by atoms with Crippen LogP contribution in [0.5, 0.6) is 5.75 Å². The number of aliphatic carboxylic acids is 1. The van der Waals surface area contributed by atoms with E-state index in [1.807, 2.05) is 6.92 Å². The topological polar surface area (TPSA) is 96.3 Å². The predicted molar refractivity (Wildman–Crippen MR) is 74.0 cm³/mol. The monoisotopic (exact) mass is 307 g/mol. The largest absolute Gasteiger partial charge is 0.508 e. The van der Waals surface area contributed by atoms with E-state index >= 15 is 0 Å². The Morgan fingerprint density at radius 2 is 2.05 bits per heavy atom. The highest BCUT2D eigenvalue weighted by Gasteiger charge is 2.60. The lowest BCUT2D eigenvalue weighted by molar-refractivity contribution is -0.218. The first kappa shape index (κ1) is 14.8. The van der Waals surface area contributed by atoms with E-state index in [2.05, 4.69) is 0 Å². The Labute approximate surface area is 127 Å². The molecule has 2 bridgehead atoms. The Kier molecular flexibility index (Phi) is 3.54. The minimum absolute atomic E-state index is 0.0850. The average Bonchev–Trinajstić information content (AvgIpc) is 2.83. The highest BCUT2D eigenvalue weighted by Crippen LogP contribution is 2.43. The van der Waals surface area contributed by atoms with Gasteiger partial charge in [-0.1, -0.05) is 6.92 Å². The molecule has 22 heavy (non-hydrogen) atoms. The van der Waals surface area contributed by atoms with Gasteiger partial charge in [0.15, 0.2) is 12.2 Å². The molecule has 0 aliphatic carbocycles. The Bertz CT molecular complexity index is 601. The first-order valence-corrected chi connectivity index (χ1v) is 7.13. The van der Waals surface area contributed by atoms with Gasteiger partial charge in [-0.15, -0.1) is 0 Å². The molecule has 3 rings (SSSR count). The molecular weight excluding hydrogens is 290 g/mol. The number of rotatable bonds is 4. The molecule has 7 heteroatoms. The van der Waals surface area contributed by atoms with E-state index in [1.165, 1.54) is 12.1 Å². The van der Waals surface area contributed by atoms with Gasteiger partial charge in [-0.05, 0) is 30.7 Å². The van der Waals surface area contributed by atoms with Crippen LogP contribution in [-0.2, 0) is 24.8 Å². The summed E-state index contributed by atoms with van der Waals surface area (Å²) in [5.74, 6) is -2.80. The van der Waals surface area contributed by atoms with Gasteiger partial charge in [-0.2, -0.15) is 0 Å². The minimum atomic E-state index is -1.33. The normalized spacial score (nSPS) is 30.6. The molecule has 3 unspecified atom stereocenters. The number of carbonyl (C=O) groups is 2. The zero-order valence-corrected chi connectivity index (χ0v) is 12.1. The van der Waals surface area contributed by atoms with E-state index in [1.54, 1.807) is 17.0 Å². The number of phenolic OH excluding ortho intramolecular Hbond substituents is 1. The molecular formula is C15H17NO6. The van der Waals surface area contributed by atoms with Crippen LogP contribution in [0.2, 0.25) is 0 Å². The number of hydrogen-bond acceptors (Lipinski definition) is 5. The number of ether oxygens (including phenoxy) is 2. The number of morpholine rings is 1. The first-order valence-electron chi connectivity index (χ1n) is 7.13. The van der Waals surface area contributed by atoms with Gasteiger partial charge in [0.1, 0.15) is 5.75 Å². The Morgan fingerprint density at radius 3 is 2.64 bits per heavy atom. The summed E-state index contributed by atoms with van der Waals surface area (Å²) < 4.78 is 11.3. The second kappa shape index (κ2) is 5.26. The van der Waals surface area contributed by atoms with Crippen LogP contribution < -0.4 is 0 Å². The van der Waals surface area contributed by atoms with Gasteiger partial charge in [0, 0.05) is 12.1 Å². The SMILES string of the molecule is CCCN1CC2(c3ccc(O)cc3)OC(C(=O)O)C(O2)C1=O. The number of carbonyl (C=O) groups excluding carboxylic acids is 1. The summed E-state index contributed by atoms with van der Waals surface area (Å²) in [7, 11) is 0. The number of hydrogen-bond donors (Lipinski definition) is 2. The second-order valence-electron chi connectivity index (χ2n) is 5.47. The molecule has 2 aliphatic heterocycles. The van der Waals surface area contributed by atoms with Gasteiger partial charge in [0.25, 0.3) is 5.91 Å². The van der Waals surface area contributed by atoms with Gasteiger partial charge in [0.2, 0.25) is 5.79 Å². The van der Waals surface area contributed by atoms with Crippen LogP contribution in [0.25, 0.3) is 0 Å². The molecule has 2 aliphatic rings. The van der Waals surface area contributed by atoms with E-state index in [0.717, 1.165) is 6.42 Å². The fourth-order valence-corrected chi connectivity index (χ4v) is 2.91. The van der Waals surface area contributed by atoms with E-state index in [9.17, 15) is 19.8 Å². The van der Waals surface area contributed by atoms with E-state index in [-0.39, 0.29) is 18.2 Å². The summed E-state index contributed by atoms with van der Waals surface area (Å²) in [4.78, 5) is 25.3. The number of phenols is 1. The van der Waals surface area contributed by atoms with Crippen molar-refractivity contribution in [2.75, 3.05) is 13.1 Å². The van der Waals surface area contributed by atoms with Crippen molar-refractivity contribution in [1.82, 2.24) is 4.90 Å². The molecule has 0 spiro atoms. The van der Waals surface area contributed by atoms with Crippen LogP contribution in [0.4, 0.5) is 0 Å². The van der Waals surface area contributed by atoms with Crippen molar-refractivity contribution in [3.8, 4) is 5.75 Å². The molecule has 2 fully saturated rings. The molecule has 7 nitrogen and oxygen atoms in total. The maximum absolute atomic E-state index is 12.3. The highest BCUT2D eigenvalue weighted by molar-refractivity contribution is 5.89. The highest BCUT2D eigenvalue weighted by atomic mass is 16.8. The fraction of sp³-hybridized carbons (Fsp3) is 0.467. The van der Waals surface area contributed by atoms with Gasteiger partial charge in [-0.3, -0.25) is 4.79 Å². The maximum atomic E-state index is 12.3. The fourth-order valence-electron chi connectivity index (χ4n) is 2.91. The van der Waals surface area contributed by atoms with Crippen LogP contribution in [0.1, 0.15) is 18.9 Å². The van der Waals surface area contributed by atoms with Gasteiger partial charge in [0.05, 0.1) is 6.54 Å². The summed E-state index contributed by atoms with van der Waals surface area (Å²) in [6.07, 6.45) is -1.73. The molecule has 118 valence electrons. The number of carboxylic acids is 1. The summed E-state index contributed by atoms with van der Waals surface area (Å²) in [5, 5.41) is 18.7. The number of aromatic hydroxyl groups is 1. The molecule has 2 saturated heterocycles. The summed E-state index contributed by atoms with van der Waals surface area (Å²) >= 11 is 0. The number of fused-ring (bicyclic) bond motifs is 2. The molecule has 1 aromatic rings. The quantitative estimate of drug-likeness (QED) is 0.848. The molecule has 2 heterocycles. The zero-order chi connectivity index (χ0) is 15.9. The number of benzene rings is 1. The van der Waals surface area contributed by atoms with Crippen LogP contribution in [0.3, 0.4) is 0 Å². The molecule has 1 amide bonds. The van der Waals surface area contributed by atoms with Crippen molar-refractivity contribution in [3.63, 3.8) is 0 Å². The van der Waals surface area contributed by atoms with E-state index in [0.29, 0.717) is 12.1 Å². The third-order valence-corrected chi connectivity index (χ3v) is 3.91. The number of amides is 1. The lowest BCUT2D eigenvalue weighted by Crippen LogP contribution is -2.54. The van der Waals surface area contributed by atoms with E-state index in [4.69, 9.17) is 9.47 Å². The van der Waals surface area contributed by atoms with Crippen molar-refractivity contribution in [3.05, 3.63) is 29.8 Å². The third kappa shape index (κ3) is 2.22. The number of carboxylic acid groups (broad SMARTS) is 1. The standard InChI is InChI=1S/C15H17NO6/c1-2-7-16-8-15(9-3-5-10(17)6-4-9)21-11(13(16)18)12(22-15)14(19)20/h3-6,11-12,17H,2,7-8H2,1H3,(H,19,20). The first-order chi connectivity index (χ1) is 10.5. The van der Waals surface area contributed by atoms with Gasteiger partial charge in [-0.25, -0.2) is 4.79 Å². The van der Waals surface area contributed by atoms with Crippen molar-refractivity contribution >= 4 is 11.9 Å². The lowest BCUT2D eigenvalue weighted by Gasteiger charge is -2.38. The third-order valence-electron chi connectivity index (χ3n) is 3.91. The zero-order valence-electron chi connectivity index (χ0n) is 12.1. The van der Waals surface area contributed by atoms with Gasteiger partial charge < -0.3 is 24.6 Å². The number of nitrogens with zero attached hydrogens (tertiary/aromatic N) is 1. The maximum Gasteiger partial charge on any atom is 0.336 e. The molecule has 1 aromatic carbocycles. The lowest BCUT2D eigenvalue weighted by atomic mass is 10.0. The summed E-state index contributed by atoms with van der Waals surface area (Å²) in [5.41, 5.74) is 0.577. The second-order valence-corrected chi connectivity index (χ2v) is 5.47. The van der Waals surface area contributed by atoms with Crippen molar-refractivity contribution in [2.45, 2.75) is 31.3 Å². The van der Waals surface area contributed by atoms with Crippen molar-refractivity contribution in [2.24, 2.45) is 0 Å². The van der Waals surface area contributed by atoms with Crippen LogP contribution in [-0.4, -0.2) is 52.3 Å². The molecule has 2 N–H and O–H groups in total. The predicted octanol–water partition coefficient (Wildman–Crippen LogP) is 0.666. The molecule has 0 aromatic heterocycles. The van der Waals surface area contributed by atoms with Crippen LogP contribution >= 0.6 is 0 Å². The van der Waals surface area contributed by atoms with Crippen LogP contribution in [0, 0.1) is 0 Å². The van der Waals surface area contributed by atoms with E-state index < -0.39 is 24.0 Å². The average molecular weight is 307 g/mol. The van der Waals surface area contributed by atoms with Crippen molar-refractivity contribution < 1.29 is 29.3 Å². The minimum Gasteiger partial charge on any atom is -0.508 e. The summed E-state index contributed by atoms with van der Waals surface area (Å²) in [6.45, 7) is 2.58. The Hall–Kier alpha value is -2.12. The van der Waals surface area contributed by atoms with Crippen molar-refractivity contribution in [1.29, 1.82) is 0 Å². The molecule has 3 atom stereocenters. The molecule has 0 saturated carbocycles. The Balaban J connectivity index is 2.00. The summed E-state index contributed by atoms with van der Waals surface area (Å²) in [6, 6.07) is 6.16.